The largest absolute Gasteiger partial charge is 0.392 e. The van der Waals surface area contributed by atoms with Gasteiger partial charge in [-0.15, -0.1) is 0 Å². The summed E-state index contributed by atoms with van der Waals surface area (Å²) in [4.78, 5) is 5.67. The zero-order chi connectivity index (χ0) is 13.7. The third-order valence-corrected chi connectivity index (χ3v) is 5.54. The van der Waals surface area contributed by atoms with Crippen molar-refractivity contribution in [2.45, 2.75) is 70.3 Å². The van der Waals surface area contributed by atoms with Gasteiger partial charge < -0.3 is 9.36 Å². The molecule has 0 aromatic carbocycles. The van der Waals surface area contributed by atoms with E-state index in [1.165, 1.54) is 36.2 Å². The molecule has 1 aliphatic heterocycles. The van der Waals surface area contributed by atoms with Gasteiger partial charge in [0.25, 0.3) is 0 Å². The van der Waals surface area contributed by atoms with Gasteiger partial charge in [-0.2, -0.15) is 0 Å². The van der Waals surface area contributed by atoms with E-state index in [0.717, 1.165) is 31.4 Å². The van der Waals surface area contributed by atoms with Crippen LogP contribution in [0.2, 0.25) is 0 Å². The minimum atomic E-state index is 0.0269. The predicted octanol–water partition coefficient (Wildman–Crippen LogP) is 3.39. The molecule has 2 aliphatic carbocycles. The summed E-state index contributed by atoms with van der Waals surface area (Å²) >= 11 is 0. The van der Waals surface area contributed by atoms with E-state index >= 15 is 0 Å². The molecule has 3 unspecified atom stereocenters. The van der Waals surface area contributed by atoms with E-state index in [0.29, 0.717) is 5.92 Å². The van der Waals surface area contributed by atoms with Gasteiger partial charge in [0.1, 0.15) is 11.9 Å². The molecule has 0 saturated heterocycles. The number of oxime groups is 1. The van der Waals surface area contributed by atoms with Gasteiger partial charge >= 0.3 is 0 Å². The monoisotopic (exact) mass is 274 g/mol. The van der Waals surface area contributed by atoms with Gasteiger partial charge in [-0.25, -0.2) is 0 Å². The predicted molar refractivity (Wildman–Crippen MR) is 75.8 cm³/mol. The normalized spacial score (nSPS) is 34.8. The molecule has 0 radical (unpaired) electrons. The number of hydrogen-bond donors (Lipinski definition) is 0. The zero-order valence-corrected chi connectivity index (χ0v) is 12.3. The molecule has 20 heavy (non-hydrogen) atoms. The van der Waals surface area contributed by atoms with Gasteiger partial charge in [0.15, 0.2) is 0 Å². The first-order chi connectivity index (χ1) is 9.80. The molecule has 4 rings (SSSR count). The number of fused-ring (bicyclic) bond motifs is 4. The Morgan fingerprint density at radius 1 is 1.30 bits per heavy atom. The maximum Gasteiger partial charge on any atom is 0.139 e. The molecule has 0 bridgehead atoms. The maximum absolute atomic E-state index is 5.67. The Kier molecular flexibility index (Phi) is 2.69. The average Bonchev–Trinajstić information content (AvgIpc) is 3.15. The van der Waals surface area contributed by atoms with Crippen LogP contribution in [0.4, 0.5) is 0 Å². The second kappa shape index (κ2) is 4.34. The van der Waals surface area contributed by atoms with Crippen molar-refractivity contribution in [3.8, 4) is 0 Å². The highest BCUT2D eigenvalue weighted by atomic mass is 16.6. The van der Waals surface area contributed by atoms with Crippen LogP contribution in [0.3, 0.4) is 0 Å². The summed E-state index contributed by atoms with van der Waals surface area (Å²) in [5, 5.41) is 8.96. The molecule has 3 aliphatic rings. The summed E-state index contributed by atoms with van der Waals surface area (Å²) in [5.74, 6) is 1.59. The topological polar surface area (TPSA) is 47.6 Å². The summed E-state index contributed by atoms with van der Waals surface area (Å²) in [6, 6.07) is 0. The van der Waals surface area contributed by atoms with Crippen LogP contribution in [0.1, 0.15) is 63.0 Å². The van der Waals surface area contributed by atoms with Crippen molar-refractivity contribution in [3.63, 3.8) is 0 Å². The zero-order valence-electron chi connectivity index (χ0n) is 12.3. The van der Waals surface area contributed by atoms with Crippen LogP contribution in [-0.4, -0.2) is 17.0 Å². The summed E-state index contributed by atoms with van der Waals surface area (Å²) < 4.78 is 5.61. The Balaban J connectivity index is 1.79. The van der Waals surface area contributed by atoms with E-state index in [2.05, 4.69) is 24.2 Å². The number of nitrogens with zero attached hydrogens (tertiary/aromatic N) is 2. The van der Waals surface area contributed by atoms with Crippen LogP contribution in [-0.2, 0) is 23.1 Å². The fourth-order valence-electron chi connectivity index (χ4n) is 4.53. The lowest BCUT2D eigenvalue weighted by Gasteiger charge is -2.31. The summed E-state index contributed by atoms with van der Waals surface area (Å²) in [6.07, 6.45) is 8.09. The highest BCUT2D eigenvalue weighted by Gasteiger charge is 2.55. The smallest absolute Gasteiger partial charge is 0.139 e. The molecule has 1 spiro atoms. The quantitative estimate of drug-likeness (QED) is 0.830. The number of aryl methyl sites for hydroxylation is 1. The minimum absolute atomic E-state index is 0.0269. The molecule has 108 valence electrons. The second-order valence-electron chi connectivity index (χ2n) is 6.40. The molecular formula is C16H22N2O2. The average molecular weight is 274 g/mol. The van der Waals surface area contributed by atoms with Crippen molar-refractivity contribution >= 4 is 5.71 Å². The van der Waals surface area contributed by atoms with Crippen LogP contribution in [0, 0.1) is 5.92 Å². The Labute approximate surface area is 119 Å². The Hall–Kier alpha value is -1.32. The minimum Gasteiger partial charge on any atom is -0.392 e. The molecule has 3 atom stereocenters. The Bertz CT molecular complexity index is 563. The van der Waals surface area contributed by atoms with Crippen LogP contribution in [0.15, 0.2) is 9.68 Å². The molecule has 0 amide bonds. The summed E-state index contributed by atoms with van der Waals surface area (Å²) in [6.45, 7) is 4.33. The molecular weight excluding hydrogens is 252 g/mol. The Morgan fingerprint density at radius 2 is 2.20 bits per heavy atom. The molecule has 2 heterocycles. The molecule has 1 aromatic rings. The molecule has 1 saturated carbocycles. The van der Waals surface area contributed by atoms with E-state index in [1.807, 2.05) is 0 Å². The fourth-order valence-corrected chi connectivity index (χ4v) is 4.53. The van der Waals surface area contributed by atoms with Gasteiger partial charge in [-0.1, -0.05) is 24.2 Å². The highest BCUT2D eigenvalue weighted by molar-refractivity contribution is 5.99. The fraction of sp³-hybridized carbons (Fsp3) is 0.750. The van der Waals surface area contributed by atoms with Gasteiger partial charge in [-0.3, -0.25) is 0 Å². The van der Waals surface area contributed by atoms with Gasteiger partial charge in [0.2, 0.25) is 0 Å². The van der Waals surface area contributed by atoms with E-state index in [9.17, 15) is 0 Å². The van der Waals surface area contributed by atoms with E-state index in [1.54, 1.807) is 0 Å². The van der Waals surface area contributed by atoms with Gasteiger partial charge in [-0.05, 0) is 38.5 Å². The first-order valence-electron chi connectivity index (χ1n) is 8.02. The molecule has 4 heteroatoms. The third-order valence-electron chi connectivity index (χ3n) is 5.54. The van der Waals surface area contributed by atoms with Gasteiger partial charge in [0.05, 0.1) is 16.8 Å². The maximum atomic E-state index is 5.67. The van der Waals surface area contributed by atoms with E-state index in [-0.39, 0.29) is 11.5 Å². The van der Waals surface area contributed by atoms with Gasteiger partial charge in [0, 0.05) is 17.9 Å². The summed E-state index contributed by atoms with van der Waals surface area (Å²) in [7, 11) is 0. The van der Waals surface area contributed by atoms with Crippen molar-refractivity contribution in [2.24, 2.45) is 11.1 Å². The lowest BCUT2D eigenvalue weighted by molar-refractivity contribution is 0.0562. The van der Waals surface area contributed by atoms with Crippen LogP contribution in [0.25, 0.3) is 0 Å². The SMILES string of the molecule is CCc1onc2c1CCCC21CCC2C1=NOC2CC. The molecule has 4 nitrogen and oxygen atoms in total. The molecule has 1 fully saturated rings. The number of hydrogen-bond acceptors (Lipinski definition) is 4. The van der Waals surface area contributed by atoms with Crippen molar-refractivity contribution in [1.82, 2.24) is 5.16 Å². The lowest BCUT2D eigenvalue weighted by atomic mass is 9.70. The molecule has 0 N–H and O–H groups in total. The van der Waals surface area contributed by atoms with E-state index < -0.39 is 0 Å². The Morgan fingerprint density at radius 3 is 3.00 bits per heavy atom. The van der Waals surface area contributed by atoms with Crippen LogP contribution in [0.5, 0.6) is 0 Å². The van der Waals surface area contributed by atoms with Crippen molar-refractivity contribution < 1.29 is 9.36 Å². The summed E-state index contributed by atoms with van der Waals surface area (Å²) in [5.41, 5.74) is 3.84. The lowest BCUT2D eigenvalue weighted by Crippen LogP contribution is -2.37. The standard InChI is InChI=1S/C16H22N2O2/c1-3-12-10-6-5-8-16(14(10)17-19-12)9-7-11-13(4-2)20-18-15(11)16/h11,13H,3-9H2,1-2H3. The third kappa shape index (κ3) is 1.42. The van der Waals surface area contributed by atoms with Crippen molar-refractivity contribution in [3.05, 3.63) is 17.0 Å². The number of rotatable bonds is 2. The van der Waals surface area contributed by atoms with Crippen molar-refractivity contribution in [1.29, 1.82) is 0 Å². The second-order valence-corrected chi connectivity index (χ2v) is 6.40. The highest BCUT2D eigenvalue weighted by Crippen LogP contribution is 2.52. The van der Waals surface area contributed by atoms with Crippen LogP contribution < -0.4 is 0 Å². The number of aromatic nitrogens is 1. The first kappa shape index (κ1) is 12.4. The van der Waals surface area contributed by atoms with E-state index in [4.69, 9.17) is 9.36 Å². The van der Waals surface area contributed by atoms with Crippen LogP contribution >= 0.6 is 0 Å². The molecule has 1 aromatic heterocycles. The van der Waals surface area contributed by atoms with Crippen molar-refractivity contribution in [2.75, 3.05) is 0 Å². The first-order valence-corrected chi connectivity index (χ1v) is 8.02.